The third kappa shape index (κ3) is 2.65. The lowest BCUT2D eigenvalue weighted by molar-refractivity contribution is 0.0996. The van der Waals surface area contributed by atoms with Gasteiger partial charge < -0.3 is 16.8 Å². The minimum Gasteiger partial charge on any atom is -0.396 e. The number of aryl methyl sites for hydroxylation is 1. The number of carbonyl (C=O) groups is 1. The number of nitrogen functional groups attached to an aromatic ring is 1. The highest BCUT2D eigenvalue weighted by molar-refractivity contribution is 5.92. The summed E-state index contributed by atoms with van der Waals surface area (Å²) in [5.74, 6) is -0.144. The summed E-state index contributed by atoms with van der Waals surface area (Å²) in [6.45, 7) is 4.03. The highest BCUT2D eigenvalue weighted by atomic mass is 16.1. The van der Waals surface area contributed by atoms with Gasteiger partial charge in [0.15, 0.2) is 5.82 Å². The topological polar surface area (TPSA) is 94.0 Å². The van der Waals surface area contributed by atoms with Crippen molar-refractivity contribution < 1.29 is 4.79 Å². The van der Waals surface area contributed by atoms with Crippen LogP contribution in [0.1, 0.15) is 21.6 Å². The molecule has 0 saturated carbocycles. The fourth-order valence-corrected chi connectivity index (χ4v) is 1.72. The average molecular weight is 256 g/mol. The van der Waals surface area contributed by atoms with Crippen LogP contribution in [-0.4, -0.2) is 10.9 Å². The van der Waals surface area contributed by atoms with E-state index in [2.05, 4.69) is 10.3 Å². The SMILES string of the molecule is Cc1cccc(Nc2nc(C(N)=O)ccc2N)c1C. The number of hydrogen-bond donors (Lipinski definition) is 3. The molecule has 0 aliphatic rings. The second kappa shape index (κ2) is 4.97. The number of carbonyl (C=O) groups excluding carboxylic acids is 1. The number of rotatable bonds is 3. The molecule has 0 fully saturated rings. The van der Waals surface area contributed by atoms with Gasteiger partial charge in [0.1, 0.15) is 5.69 Å². The molecular formula is C14H16N4O. The summed E-state index contributed by atoms with van der Waals surface area (Å²) in [7, 11) is 0. The summed E-state index contributed by atoms with van der Waals surface area (Å²) in [5, 5.41) is 3.13. The molecule has 0 aliphatic carbocycles. The molecular weight excluding hydrogens is 240 g/mol. The molecule has 0 saturated heterocycles. The van der Waals surface area contributed by atoms with E-state index in [-0.39, 0.29) is 5.69 Å². The molecule has 5 N–H and O–H groups in total. The van der Waals surface area contributed by atoms with Crippen molar-refractivity contribution in [3.05, 3.63) is 47.2 Å². The summed E-state index contributed by atoms with van der Waals surface area (Å²) in [6, 6.07) is 9.02. The van der Waals surface area contributed by atoms with Crippen molar-refractivity contribution in [3.8, 4) is 0 Å². The Hall–Kier alpha value is -2.56. The summed E-state index contributed by atoms with van der Waals surface area (Å²) in [5.41, 5.74) is 14.9. The summed E-state index contributed by atoms with van der Waals surface area (Å²) < 4.78 is 0. The molecule has 19 heavy (non-hydrogen) atoms. The van der Waals surface area contributed by atoms with Crippen molar-refractivity contribution in [2.75, 3.05) is 11.1 Å². The highest BCUT2D eigenvalue weighted by Crippen LogP contribution is 2.25. The zero-order valence-corrected chi connectivity index (χ0v) is 10.9. The van der Waals surface area contributed by atoms with Crippen molar-refractivity contribution >= 4 is 23.1 Å². The number of amides is 1. The van der Waals surface area contributed by atoms with E-state index in [9.17, 15) is 4.79 Å². The Morgan fingerprint density at radius 1 is 1.21 bits per heavy atom. The van der Waals surface area contributed by atoms with Crippen LogP contribution < -0.4 is 16.8 Å². The lowest BCUT2D eigenvalue weighted by Gasteiger charge is -2.12. The number of nitrogens with one attached hydrogen (secondary N) is 1. The Morgan fingerprint density at radius 2 is 1.95 bits per heavy atom. The van der Waals surface area contributed by atoms with Crippen LogP contribution in [0, 0.1) is 13.8 Å². The number of anilines is 3. The van der Waals surface area contributed by atoms with Gasteiger partial charge in [0.05, 0.1) is 5.69 Å². The number of hydrogen-bond acceptors (Lipinski definition) is 4. The van der Waals surface area contributed by atoms with Crippen LogP contribution in [0.2, 0.25) is 0 Å². The van der Waals surface area contributed by atoms with Gasteiger partial charge in [-0.05, 0) is 43.2 Å². The zero-order valence-electron chi connectivity index (χ0n) is 10.9. The zero-order chi connectivity index (χ0) is 14.0. The van der Waals surface area contributed by atoms with Gasteiger partial charge in [0, 0.05) is 5.69 Å². The molecule has 0 unspecified atom stereocenters. The van der Waals surface area contributed by atoms with Crippen molar-refractivity contribution in [1.29, 1.82) is 0 Å². The summed E-state index contributed by atoms with van der Waals surface area (Å²) in [6.07, 6.45) is 0. The molecule has 0 bridgehead atoms. The molecule has 1 heterocycles. The molecule has 1 aromatic heterocycles. The van der Waals surface area contributed by atoms with E-state index in [0.717, 1.165) is 16.8 Å². The molecule has 5 nitrogen and oxygen atoms in total. The van der Waals surface area contributed by atoms with Gasteiger partial charge in [-0.3, -0.25) is 4.79 Å². The predicted molar refractivity (Wildman–Crippen MR) is 76.4 cm³/mol. The van der Waals surface area contributed by atoms with Crippen LogP contribution in [0.4, 0.5) is 17.2 Å². The van der Waals surface area contributed by atoms with Gasteiger partial charge >= 0.3 is 0 Å². The maximum Gasteiger partial charge on any atom is 0.267 e. The van der Waals surface area contributed by atoms with Gasteiger partial charge in [-0.2, -0.15) is 0 Å². The van der Waals surface area contributed by atoms with Gasteiger partial charge in [-0.1, -0.05) is 12.1 Å². The van der Waals surface area contributed by atoms with Crippen molar-refractivity contribution in [3.63, 3.8) is 0 Å². The van der Waals surface area contributed by atoms with Gasteiger partial charge in [-0.25, -0.2) is 4.98 Å². The summed E-state index contributed by atoms with van der Waals surface area (Å²) in [4.78, 5) is 15.3. The monoisotopic (exact) mass is 256 g/mol. The molecule has 1 aromatic carbocycles. The van der Waals surface area contributed by atoms with Crippen LogP contribution in [0.5, 0.6) is 0 Å². The average Bonchev–Trinajstić information content (AvgIpc) is 2.37. The maximum absolute atomic E-state index is 11.1. The Morgan fingerprint density at radius 3 is 2.63 bits per heavy atom. The van der Waals surface area contributed by atoms with Crippen molar-refractivity contribution in [2.45, 2.75) is 13.8 Å². The number of nitrogens with zero attached hydrogens (tertiary/aromatic N) is 1. The van der Waals surface area contributed by atoms with Gasteiger partial charge in [-0.15, -0.1) is 0 Å². The van der Waals surface area contributed by atoms with Gasteiger partial charge in [0.25, 0.3) is 5.91 Å². The predicted octanol–water partition coefficient (Wildman–Crippen LogP) is 2.12. The Balaban J connectivity index is 2.40. The molecule has 5 heteroatoms. The van der Waals surface area contributed by atoms with E-state index in [4.69, 9.17) is 11.5 Å². The minimum atomic E-state index is -0.580. The van der Waals surface area contributed by atoms with Crippen LogP contribution in [0.25, 0.3) is 0 Å². The summed E-state index contributed by atoms with van der Waals surface area (Å²) >= 11 is 0. The lowest BCUT2D eigenvalue weighted by atomic mass is 10.1. The van der Waals surface area contributed by atoms with Crippen LogP contribution in [0.3, 0.4) is 0 Å². The first kappa shape index (κ1) is 12.9. The molecule has 2 aromatic rings. The molecule has 0 radical (unpaired) electrons. The van der Waals surface area contributed by atoms with Crippen molar-refractivity contribution in [1.82, 2.24) is 4.98 Å². The molecule has 98 valence electrons. The highest BCUT2D eigenvalue weighted by Gasteiger charge is 2.09. The first-order valence-electron chi connectivity index (χ1n) is 5.88. The smallest absolute Gasteiger partial charge is 0.267 e. The Kier molecular flexibility index (Phi) is 3.37. The molecule has 1 amide bonds. The first-order chi connectivity index (χ1) is 8.99. The maximum atomic E-state index is 11.1. The minimum absolute atomic E-state index is 0.182. The van der Waals surface area contributed by atoms with E-state index >= 15 is 0 Å². The van der Waals surface area contributed by atoms with Crippen molar-refractivity contribution in [2.24, 2.45) is 5.73 Å². The molecule has 0 atom stereocenters. The third-order valence-electron chi connectivity index (χ3n) is 3.04. The quantitative estimate of drug-likeness (QED) is 0.784. The first-order valence-corrected chi connectivity index (χ1v) is 5.88. The number of primary amides is 1. The van der Waals surface area contributed by atoms with Crippen LogP contribution >= 0.6 is 0 Å². The van der Waals surface area contributed by atoms with Crippen LogP contribution in [0.15, 0.2) is 30.3 Å². The van der Waals surface area contributed by atoms with E-state index in [1.807, 2.05) is 32.0 Å². The molecule has 0 spiro atoms. The third-order valence-corrected chi connectivity index (χ3v) is 3.04. The second-order valence-electron chi connectivity index (χ2n) is 4.37. The fraction of sp³-hybridized carbons (Fsp3) is 0.143. The second-order valence-corrected chi connectivity index (χ2v) is 4.37. The van der Waals surface area contributed by atoms with E-state index < -0.39 is 5.91 Å². The van der Waals surface area contributed by atoms with E-state index in [0.29, 0.717) is 11.5 Å². The van der Waals surface area contributed by atoms with Gasteiger partial charge in [0.2, 0.25) is 0 Å². The lowest BCUT2D eigenvalue weighted by Crippen LogP contribution is -2.14. The van der Waals surface area contributed by atoms with Crippen LogP contribution in [-0.2, 0) is 0 Å². The van der Waals surface area contributed by atoms with E-state index in [1.165, 1.54) is 6.07 Å². The molecule has 2 rings (SSSR count). The molecule has 0 aliphatic heterocycles. The standard InChI is InChI=1S/C14H16N4O/c1-8-4-3-5-11(9(8)2)17-14-10(15)6-7-12(18-14)13(16)19/h3-7H,15H2,1-2H3,(H2,16,19)(H,17,18). The number of pyridine rings is 1. The fourth-order valence-electron chi connectivity index (χ4n) is 1.72. The number of aromatic nitrogens is 1. The largest absolute Gasteiger partial charge is 0.396 e. The number of benzene rings is 1. The Labute approximate surface area is 111 Å². The normalized spacial score (nSPS) is 10.2. The Bertz CT molecular complexity index is 637. The van der Waals surface area contributed by atoms with E-state index in [1.54, 1.807) is 6.07 Å². The number of nitrogens with two attached hydrogens (primary N) is 2.